The molecular weight excluding hydrogens is 236 g/mol. The van der Waals surface area contributed by atoms with Crippen LogP contribution >= 0.6 is 23.5 Å². The number of hydrogen-bond donors (Lipinski definition) is 0. The second-order valence-electron chi connectivity index (χ2n) is 3.41. The highest BCUT2D eigenvalue weighted by Crippen LogP contribution is 2.32. The van der Waals surface area contributed by atoms with Crippen molar-refractivity contribution in [3.05, 3.63) is 58.2 Å². The molecule has 0 radical (unpaired) electrons. The normalized spacial score (nSPS) is 18.1. The summed E-state index contributed by atoms with van der Waals surface area (Å²) >= 11 is 3.57. The first-order chi connectivity index (χ1) is 7.88. The first-order valence-corrected chi connectivity index (χ1v) is 7.36. The fraction of sp³-hybridized carbons (Fsp3) is 0.231. The molecular formula is C13H14OS2. The van der Waals surface area contributed by atoms with Crippen molar-refractivity contribution in [2.45, 2.75) is 6.42 Å². The number of benzene rings is 1. The summed E-state index contributed by atoms with van der Waals surface area (Å²) in [5.74, 6) is 2.01. The van der Waals surface area contributed by atoms with Gasteiger partial charge in [0.25, 0.3) is 0 Å². The second kappa shape index (κ2) is 6.06. The smallest absolute Gasteiger partial charge is 0.111 e. The molecule has 0 saturated carbocycles. The second-order valence-corrected chi connectivity index (χ2v) is 5.53. The van der Waals surface area contributed by atoms with Gasteiger partial charge in [0.1, 0.15) is 12.0 Å². The van der Waals surface area contributed by atoms with Crippen LogP contribution in [-0.2, 0) is 11.2 Å². The third-order valence-electron chi connectivity index (χ3n) is 2.27. The Balaban J connectivity index is 1.93. The lowest BCUT2D eigenvalue weighted by Gasteiger charge is -2.14. The molecule has 0 aliphatic carbocycles. The van der Waals surface area contributed by atoms with Crippen LogP contribution in [0.4, 0.5) is 0 Å². The minimum atomic E-state index is 0.944. The molecule has 0 aromatic heterocycles. The standard InChI is InChI=1S/C13H14OS2/c1-15-13-9-14-12(10-16-13)8-7-11-5-3-2-4-6-11/h2-6,8-9H,7,10H2,1H3. The van der Waals surface area contributed by atoms with Crippen LogP contribution in [0, 0.1) is 0 Å². The number of hydrogen-bond acceptors (Lipinski definition) is 3. The average Bonchev–Trinajstić information content (AvgIpc) is 2.38. The zero-order valence-electron chi connectivity index (χ0n) is 9.18. The van der Waals surface area contributed by atoms with Gasteiger partial charge in [-0.05, 0) is 24.3 Å². The molecule has 1 aromatic rings. The van der Waals surface area contributed by atoms with Gasteiger partial charge in [0.05, 0.1) is 9.99 Å². The van der Waals surface area contributed by atoms with Gasteiger partial charge in [0.2, 0.25) is 0 Å². The van der Waals surface area contributed by atoms with Crippen LogP contribution in [0.25, 0.3) is 0 Å². The average molecular weight is 250 g/mol. The van der Waals surface area contributed by atoms with E-state index in [1.807, 2.05) is 24.1 Å². The van der Waals surface area contributed by atoms with Crippen LogP contribution in [0.2, 0.25) is 0 Å². The predicted molar refractivity (Wildman–Crippen MR) is 73.4 cm³/mol. The fourth-order valence-electron chi connectivity index (χ4n) is 1.39. The maximum Gasteiger partial charge on any atom is 0.111 e. The van der Waals surface area contributed by atoms with Gasteiger partial charge in [-0.25, -0.2) is 0 Å². The lowest BCUT2D eigenvalue weighted by atomic mass is 10.1. The molecule has 0 amide bonds. The summed E-state index contributed by atoms with van der Waals surface area (Å²) in [5.41, 5.74) is 1.32. The predicted octanol–water partition coefficient (Wildman–Crippen LogP) is 4.04. The Kier molecular flexibility index (Phi) is 4.43. The van der Waals surface area contributed by atoms with E-state index < -0.39 is 0 Å². The number of ether oxygens (including phenoxy) is 1. The van der Waals surface area contributed by atoms with E-state index in [-0.39, 0.29) is 0 Å². The fourth-order valence-corrected chi connectivity index (χ4v) is 2.77. The Bertz CT molecular complexity index is 396. The van der Waals surface area contributed by atoms with Crippen molar-refractivity contribution in [1.82, 2.24) is 0 Å². The minimum Gasteiger partial charge on any atom is -0.467 e. The third-order valence-corrected chi connectivity index (χ3v) is 4.43. The van der Waals surface area contributed by atoms with Crippen molar-refractivity contribution in [3.63, 3.8) is 0 Å². The summed E-state index contributed by atoms with van der Waals surface area (Å²) in [6.45, 7) is 0. The summed E-state index contributed by atoms with van der Waals surface area (Å²) < 4.78 is 6.81. The largest absolute Gasteiger partial charge is 0.467 e. The van der Waals surface area contributed by atoms with Gasteiger partial charge < -0.3 is 4.74 Å². The Morgan fingerprint density at radius 1 is 1.38 bits per heavy atom. The van der Waals surface area contributed by atoms with Gasteiger partial charge >= 0.3 is 0 Å². The van der Waals surface area contributed by atoms with Gasteiger partial charge in [-0.3, -0.25) is 0 Å². The number of rotatable bonds is 3. The van der Waals surface area contributed by atoms with Crippen LogP contribution in [0.5, 0.6) is 0 Å². The topological polar surface area (TPSA) is 9.23 Å². The van der Waals surface area contributed by atoms with Gasteiger partial charge in [0, 0.05) is 0 Å². The molecule has 0 N–H and O–H groups in total. The first kappa shape index (κ1) is 11.7. The zero-order valence-corrected chi connectivity index (χ0v) is 10.8. The Labute approximate surface area is 105 Å². The number of thioether (sulfide) groups is 2. The van der Waals surface area contributed by atoms with E-state index in [2.05, 4.69) is 36.6 Å². The quantitative estimate of drug-likeness (QED) is 0.801. The highest BCUT2D eigenvalue weighted by molar-refractivity contribution is 8.22. The van der Waals surface area contributed by atoms with Crippen molar-refractivity contribution >= 4 is 23.5 Å². The monoisotopic (exact) mass is 250 g/mol. The molecule has 3 heteroatoms. The van der Waals surface area contributed by atoms with Crippen molar-refractivity contribution < 1.29 is 4.74 Å². The lowest BCUT2D eigenvalue weighted by Crippen LogP contribution is -1.97. The summed E-state index contributed by atoms with van der Waals surface area (Å²) in [6, 6.07) is 10.4. The lowest BCUT2D eigenvalue weighted by molar-refractivity contribution is 0.351. The third kappa shape index (κ3) is 3.35. The molecule has 2 rings (SSSR count). The minimum absolute atomic E-state index is 0.944. The molecule has 0 saturated heterocycles. The van der Waals surface area contributed by atoms with Crippen LogP contribution in [0.3, 0.4) is 0 Å². The van der Waals surface area contributed by atoms with E-state index in [1.54, 1.807) is 11.8 Å². The Hall–Kier alpha value is -0.800. The maximum absolute atomic E-state index is 5.56. The van der Waals surface area contributed by atoms with Crippen LogP contribution in [-0.4, -0.2) is 12.0 Å². The summed E-state index contributed by atoms with van der Waals surface area (Å²) in [4.78, 5) is 0. The SMILES string of the molecule is CSC1=COC(=CCc2ccccc2)CS1. The number of allylic oxidation sites excluding steroid dienone is 1. The summed E-state index contributed by atoms with van der Waals surface area (Å²) in [6.07, 6.45) is 7.02. The molecule has 1 aromatic carbocycles. The van der Waals surface area contributed by atoms with E-state index in [0.717, 1.165) is 17.9 Å². The molecule has 0 spiro atoms. The molecule has 16 heavy (non-hydrogen) atoms. The van der Waals surface area contributed by atoms with Crippen molar-refractivity contribution in [2.24, 2.45) is 0 Å². The van der Waals surface area contributed by atoms with Gasteiger partial charge in [-0.2, -0.15) is 0 Å². The van der Waals surface area contributed by atoms with Crippen molar-refractivity contribution in [3.8, 4) is 0 Å². The van der Waals surface area contributed by atoms with E-state index >= 15 is 0 Å². The van der Waals surface area contributed by atoms with E-state index in [4.69, 9.17) is 4.74 Å². The van der Waals surface area contributed by atoms with Gasteiger partial charge in [0.15, 0.2) is 0 Å². The molecule has 1 heterocycles. The molecule has 1 aliphatic rings. The summed E-state index contributed by atoms with van der Waals surface area (Å²) in [7, 11) is 0. The molecule has 0 bridgehead atoms. The Morgan fingerprint density at radius 3 is 2.81 bits per heavy atom. The van der Waals surface area contributed by atoms with Crippen LogP contribution < -0.4 is 0 Å². The van der Waals surface area contributed by atoms with Crippen molar-refractivity contribution in [1.29, 1.82) is 0 Å². The van der Waals surface area contributed by atoms with Crippen LogP contribution in [0.1, 0.15) is 5.56 Å². The van der Waals surface area contributed by atoms with E-state index in [1.165, 1.54) is 9.80 Å². The highest BCUT2D eigenvalue weighted by atomic mass is 32.2. The highest BCUT2D eigenvalue weighted by Gasteiger charge is 2.08. The maximum atomic E-state index is 5.56. The van der Waals surface area contributed by atoms with Crippen LogP contribution in [0.15, 0.2) is 52.7 Å². The van der Waals surface area contributed by atoms with Gasteiger partial charge in [-0.15, -0.1) is 23.5 Å². The zero-order chi connectivity index (χ0) is 11.2. The first-order valence-electron chi connectivity index (χ1n) is 5.15. The molecule has 0 atom stereocenters. The molecule has 1 nitrogen and oxygen atoms in total. The Morgan fingerprint density at radius 2 is 2.19 bits per heavy atom. The molecule has 84 valence electrons. The molecule has 0 fully saturated rings. The van der Waals surface area contributed by atoms with Gasteiger partial charge in [-0.1, -0.05) is 30.3 Å². The van der Waals surface area contributed by atoms with E-state index in [0.29, 0.717) is 0 Å². The van der Waals surface area contributed by atoms with E-state index in [9.17, 15) is 0 Å². The summed E-state index contributed by atoms with van der Waals surface area (Å²) in [5, 5.41) is 0. The van der Waals surface area contributed by atoms with Crippen molar-refractivity contribution in [2.75, 3.05) is 12.0 Å². The molecule has 0 unspecified atom stereocenters. The molecule has 1 aliphatic heterocycles.